The van der Waals surface area contributed by atoms with Crippen LogP contribution in [-0.4, -0.2) is 77.2 Å². The van der Waals surface area contributed by atoms with Crippen LogP contribution in [0, 0.1) is 0 Å². The lowest BCUT2D eigenvalue weighted by atomic mass is 10.1. The van der Waals surface area contributed by atoms with Crippen LogP contribution >= 0.6 is 21.6 Å². The monoisotopic (exact) mass is 510 g/mol. The lowest BCUT2D eigenvalue weighted by Gasteiger charge is -2.34. The number of hydrogen-bond acceptors (Lipinski definition) is 7. The molecule has 192 valence electrons. The van der Waals surface area contributed by atoms with Gasteiger partial charge in [-0.05, 0) is 63.6 Å². The molecule has 0 aliphatic carbocycles. The maximum atomic E-state index is 12.4. The number of carbonyl (C=O) groups is 2. The highest BCUT2D eigenvalue weighted by molar-refractivity contribution is 8.77. The van der Waals surface area contributed by atoms with Gasteiger partial charge in [0.2, 0.25) is 11.8 Å². The number of rotatable bonds is 13. The Morgan fingerprint density at radius 3 is 2.44 bits per heavy atom. The van der Waals surface area contributed by atoms with Crippen molar-refractivity contribution in [3.05, 3.63) is 29.8 Å². The summed E-state index contributed by atoms with van der Waals surface area (Å²) in [4.78, 5) is 28.9. The Bertz CT molecular complexity index is 813. The molecule has 1 aromatic carbocycles. The Morgan fingerprint density at radius 2 is 1.82 bits per heavy atom. The molecular weight excluding hydrogens is 468 g/mol. The molecule has 1 aromatic rings. The molecule has 0 saturated carbocycles. The number of ether oxygens (including phenoxy) is 1. The third-order valence-corrected chi connectivity index (χ3v) is 8.95. The van der Waals surface area contributed by atoms with Gasteiger partial charge in [0.05, 0.1) is 12.3 Å². The molecular formula is C25H42N4O3S2. The van der Waals surface area contributed by atoms with Gasteiger partial charge in [-0.25, -0.2) is 5.43 Å². The highest BCUT2D eigenvalue weighted by Gasteiger charge is 2.23. The number of likely N-dealkylation sites (N-methyl/N-ethyl adjacent to an activating group) is 1. The molecule has 9 heteroatoms. The first-order chi connectivity index (χ1) is 16.2. The number of hydrazone groups is 1. The largest absolute Gasteiger partial charge is 0.494 e. The molecule has 0 aromatic heterocycles. The molecule has 1 aliphatic rings. The van der Waals surface area contributed by atoms with E-state index >= 15 is 0 Å². The molecule has 1 saturated heterocycles. The summed E-state index contributed by atoms with van der Waals surface area (Å²) in [6.45, 7) is 15.4. The average molecular weight is 511 g/mol. The Morgan fingerprint density at radius 1 is 1.15 bits per heavy atom. The fraction of sp³-hybridized carbons (Fsp3) is 0.640. The van der Waals surface area contributed by atoms with Crippen LogP contribution in [0.15, 0.2) is 29.4 Å². The van der Waals surface area contributed by atoms with Crippen LogP contribution in [0.4, 0.5) is 0 Å². The molecule has 1 aliphatic heterocycles. The Hall–Kier alpha value is -1.71. The third-order valence-electron chi connectivity index (χ3n) is 5.58. The van der Waals surface area contributed by atoms with Crippen molar-refractivity contribution in [1.29, 1.82) is 0 Å². The van der Waals surface area contributed by atoms with Crippen molar-refractivity contribution in [2.75, 3.05) is 45.1 Å². The minimum absolute atomic E-state index is 0. The minimum Gasteiger partial charge on any atom is -0.494 e. The van der Waals surface area contributed by atoms with Gasteiger partial charge >= 0.3 is 0 Å². The number of hydrogen-bond donors (Lipinski definition) is 1. The third kappa shape index (κ3) is 10.3. The van der Waals surface area contributed by atoms with Gasteiger partial charge in [-0.2, -0.15) is 5.10 Å². The standard InChI is InChI=1S/C25H40N4O3S2.H2/c1-6-28-14-16-29(17-15-28)24(31)9-8-18-32-22-12-10-21(11-13-22)20(3)26-27-23(30)19-25(4,5)34-33-7-2;/h10-13H,6-9,14-19H2,1-5H3,(H,27,30);1H/b26-20+;. The first-order valence-corrected chi connectivity index (χ1v) is 14.4. The van der Waals surface area contributed by atoms with E-state index in [9.17, 15) is 9.59 Å². The quantitative estimate of drug-likeness (QED) is 0.180. The molecule has 0 radical (unpaired) electrons. The SMILES string of the molecule is CCSSC(C)(C)CC(=O)N/N=C(\C)c1ccc(OCCCC(=O)N2CCN(CC)CC2)cc1.[HH]. The minimum atomic E-state index is -0.137. The number of piperazine rings is 1. The van der Waals surface area contributed by atoms with Gasteiger partial charge in [0, 0.05) is 50.9 Å². The van der Waals surface area contributed by atoms with E-state index in [2.05, 4.69) is 43.1 Å². The molecule has 1 N–H and O–H groups in total. The molecule has 7 nitrogen and oxygen atoms in total. The summed E-state index contributed by atoms with van der Waals surface area (Å²) in [7, 11) is 3.49. The fourth-order valence-corrected chi connectivity index (χ4v) is 5.68. The first kappa shape index (κ1) is 28.5. The van der Waals surface area contributed by atoms with Gasteiger partial charge < -0.3 is 14.5 Å². The van der Waals surface area contributed by atoms with Crippen molar-refractivity contribution in [2.45, 2.75) is 58.6 Å². The zero-order valence-electron chi connectivity index (χ0n) is 21.3. The fourth-order valence-electron chi connectivity index (χ4n) is 3.56. The van der Waals surface area contributed by atoms with E-state index in [4.69, 9.17) is 4.74 Å². The molecule has 2 amide bonds. The molecule has 34 heavy (non-hydrogen) atoms. The second-order valence-electron chi connectivity index (χ2n) is 8.95. The lowest BCUT2D eigenvalue weighted by molar-refractivity contribution is -0.133. The molecule has 0 bridgehead atoms. The highest BCUT2D eigenvalue weighted by Crippen LogP contribution is 2.37. The van der Waals surface area contributed by atoms with Gasteiger partial charge in [-0.3, -0.25) is 9.59 Å². The predicted octanol–water partition coefficient (Wildman–Crippen LogP) is 4.67. The molecule has 2 rings (SSSR count). The van der Waals surface area contributed by atoms with Crippen LogP contribution < -0.4 is 10.2 Å². The van der Waals surface area contributed by atoms with Crippen molar-refractivity contribution in [3.8, 4) is 5.75 Å². The lowest BCUT2D eigenvalue weighted by Crippen LogP contribution is -2.48. The molecule has 1 heterocycles. The van der Waals surface area contributed by atoms with Crippen molar-refractivity contribution >= 4 is 39.1 Å². The topological polar surface area (TPSA) is 74.2 Å². The van der Waals surface area contributed by atoms with E-state index in [1.54, 1.807) is 21.6 Å². The van der Waals surface area contributed by atoms with Crippen LogP contribution in [-0.2, 0) is 9.59 Å². The second kappa shape index (κ2) is 14.6. The maximum Gasteiger partial charge on any atom is 0.241 e. The Labute approximate surface area is 214 Å². The summed E-state index contributed by atoms with van der Waals surface area (Å²) >= 11 is 0. The molecule has 0 unspecified atom stereocenters. The van der Waals surface area contributed by atoms with Gasteiger partial charge in [0.1, 0.15) is 5.75 Å². The van der Waals surface area contributed by atoms with E-state index in [1.807, 2.05) is 36.1 Å². The van der Waals surface area contributed by atoms with Crippen LogP contribution in [0.2, 0.25) is 0 Å². The summed E-state index contributed by atoms with van der Waals surface area (Å²) in [6.07, 6.45) is 1.63. The second-order valence-corrected chi connectivity index (χ2v) is 12.2. The van der Waals surface area contributed by atoms with E-state index in [-0.39, 0.29) is 18.0 Å². The average Bonchev–Trinajstić information content (AvgIpc) is 2.84. The van der Waals surface area contributed by atoms with Crippen molar-refractivity contribution in [1.82, 2.24) is 15.2 Å². The first-order valence-electron chi connectivity index (χ1n) is 12.1. The highest BCUT2D eigenvalue weighted by atomic mass is 33.1. The van der Waals surface area contributed by atoms with Crippen molar-refractivity contribution in [2.24, 2.45) is 5.10 Å². The number of amides is 2. The number of benzene rings is 1. The van der Waals surface area contributed by atoms with E-state index in [1.165, 1.54) is 0 Å². The van der Waals surface area contributed by atoms with E-state index < -0.39 is 0 Å². The normalized spacial score (nSPS) is 15.3. The van der Waals surface area contributed by atoms with Crippen LogP contribution in [0.3, 0.4) is 0 Å². The summed E-state index contributed by atoms with van der Waals surface area (Å²) in [5.74, 6) is 1.91. The van der Waals surface area contributed by atoms with Gasteiger partial charge in [0.25, 0.3) is 0 Å². The van der Waals surface area contributed by atoms with Gasteiger partial charge in [-0.1, -0.05) is 35.4 Å². The Kier molecular flexibility index (Phi) is 12.3. The number of nitrogens with one attached hydrogen (secondary N) is 1. The van der Waals surface area contributed by atoms with Gasteiger partial charge in [-0.15, -0.1) is 0 Å². The Balaban J connectivity index is 0.00000612. The summed E-state index contributed by atoms with van der Waals surface area (Å²) in [5.41, 5.74) is 4.33. The smallest absolute Gasteiger partial charge is 0.241 e. The van der Waals surface area contributed by atoms with Gasteiger partial charge in [0.15, 0.2) is 0 Å². The number of nitrogens with zero attached hydrogens (tertiary/aromatic N) is 3. The summed E-state index contributed by atoms with van der Waals surface area (Å²) in [6, 6.07) is 7.64. The molecule has 0 atom stereocenters. The summed E-state index contributed by atoms with van der Waals surface area (Å²) in [5, 5.41) is 4.25. The predicted molar refractivity (Wildman–Crippen MR) is 147 cm³/mol. The summed E-state index contributed by atoms with van der Waals surface area (Å²) < 4.78 is 5.67. The maximum absolute atomic E-state index is 12.4. The zero-order chi connectivity index (χ0) is 25.0. The van der Waals surface area contributed by atoms with Crippen LogP contribution in [0.25, 0.3) is 0 Å². The number of carbonyl (C=O) groups excluding carboxylic acids is 2. The van der Waals surface area contributed by atoms with E-state index in [0.29, 0.717) is 25.9 Å². The molecule has 0 spiro atoms. The van der Waals surface area contributed by atoms with Crippen LogP contribution in [0.1, 0.15) is 60.9 Å². The van der Waals surface area contributed by atoms with E-state index in [0.717, 1.165) is 55.5 Å². The van der Waals surface area contributed by atoms with Crippen molar-refractivity contribution < 1.29 is 15.8 Å². The molecule has 1 fully saturated rings. The zero-order valence-corrected chi connectivity index (χ0v) is 22.9. The van der Waals surface area contributed by atoms with Crippen LogP contribution in [0.5, 0.6) is 5.75 Å². The van der Waals surface area contributed by atoms with Crippen molar-refractivity contribution in [3.63, 3.8) is 0 Å².